The topological polar surface area (TPSA) is 93.9 Å². The lowest BCUT2D eigenvalue weighted by Gasteiger charge is -2.21. The van der Waals surface area contributed by atoms with E-state index < -0.39 is 10.8 Å². The number of nitro groups is 1. The number of hydrogen-bond acceptors (Lipinski definition) is 6. The van der Waals surface area contributed by atoms with Gasteiger partial charge in [-0.05, 0) is 31.9 Å². The maximum Gasteiger partial charge on any atom is 0.286 e. The highest BCUT2D eigenvalue weighted by Gasteiger charge is 2.26. The number of rotatable bonds is 7. The van der Waals surface area contributed by atoms with E-state index in [1.54, 1.807) is 13.0 Å². The van der Waals surface area contributed by atoms with Crippen LogP contribution in [0.4, 0.5) is 17.1 Å². The molecule has 0 atom stereocenters. The molecule has 0 aromatic heterocycles. The number of amides is 1. The smallest absolute Gasteiger partial charge is 0.286 e. The van der Waals surface area contributed by atoms with Gasteiger partial charge in [0.1, 0.15) is 5.56 Å². The van der Waals surface area contributed by atoms with Crippen molar-refractivity contribution in [3.63, 3.8) is 0 Å². The molecule has 0 radical (unpaired) electrons. The number of ether oxygens (including phenoxy) is 2. The van der Waals surface area contributed by atoms with E-state index in [2.05, 4.69) is 10.2 Å². The lowest BCUT2D eigenvalue weighted by atomic mass is 10.1. The first kappa shape index (κ1) is 19.5. The standard InChI is InChI=1S/C20H23N3O5/c1-3-28-19-12-14(17(23(25)26)13-18(19)27-2)20(24)21-15-8-4-5-9-16(15)22-10-6-7-11-22/h4-5,8-9,12-13H,3,6-7,10-11H2,1-2H3,(H,21,24). The lowest BCUT2D eigenvalue weighted by molar-refractivity contribution is -0.385. The van der Waals surface area contributed by atoms with E-state index in [-0.39, 0.29) is 22.7 Å². The Morgan fingerprint density at radius 1 is 1.21 bits per heavy atom. The fraction of sp³-hybridized carbons (Fsp3) is 0.350. The van der Waals surface area contributed by atoms with Crippen LogP contribution in [0.3, 0.4) is 0 Å². The Kier molecular flexibility index (Phi) is 5.98. The summed E-state index contributed by atoms with van der Waals surface area (Å²) in [6.07, 6.45) is 2.20. The Hall–Kier alpha value is -3.29. The molecule has 2 aromatic carbocycles. The number of carbonyl (C=O) groups is 1. The van der Waals surface area contributed by atoms with Crippen molar-refractivity contribution in [3.05, 3.63) is 52.1 Å². The van der Waals surface area contributed by atoms with Crippen molar-refractivity contribution in [2.24, 2.45) is 0 Å². The molecular formula is C20H23N3O5. The second-order valence-electron chi connectivity index (χ2n) is 6.38. The molecule has 3 rings (SSSR count). The molecule has 28 heavy (non-hydrogen) atoms. The molecule has 0 aliphatic carbocycles. The van der Waals surface area contributed by atoms with E-state index in [0.29, 0.717) is 12.3 Å². The Morgan fingerprint density at radius 2 is 1.93 bits per heavy atom. The summed E-state index contributed by atoms with van der Waals surface area (Å²) in [4.78, 5) is 26.0. The zero-order valence-electron chi connectivity index (χ0n) is 15.9. The number of benzene rings is 2. The fourth-order valence-electron chi connectivity index (χ4n) is 3.31. The number of para-hydroxylation sites is 2. The van der Waals surface area contributed by atoms with Gasteiger partial charge in [-0.15, -0.1) is 0 Å². The van der Waals surface area contributed by atoms with E-state index in [1.807, 2.05) is 18.2 Å². The van der Waals surface area contributed by atoms with Gasteiger partial charge in [0.05, 0.1) is 36.1 Å². The molecule has 0 bridgehead atoms. The summed E-state index contributed by atoms with van der Waals surface area (Å²) < 4.78 is 10.6. The Morgan fingerprint density at radius 3 is 2.57 bits per heavy atom. The molecule has 1 aliphatic rings. The number of nitrogens with one attached hydrogen (secondary N) is 1. The summed E-state index contributed by atoms with van der Waals surface area (Å²) >= 11 is 0. The van der Waals surface area contributed by atoms with Crippen molar-refractivity contribution in [1.82, 2.24) is 0 Å². The predicted octanol–water partition coefficient (Wildman–Crippen LogP) is 3.85. The van der Waals surface area contributed by atoms with Gasteiger partial charge in [0, 0.05) is 19.2 Å². The van der Waals surface area contributed by atoms with Crippen molar-refractivity contribution < 1.29 is 19.2 Å². The number of anilines is 2. The first-order valence-electron chi connectivity index (χ1n) is 9.19. The van der Waals surface area contributed by atoms with E-state index in [9.17, 15) is 14.9 Å². The molecule has 1 fully saturated rings. The lowest BCUT2D eigenvalue weighted by Crippen LogP contribution is -2.21. The minimum absolute atomic E-state index is 0.0783. The van der Waals surface area contributed by atoms with E-state index in [4.69, 9.17) is 9.47 Å². The first-order valence-corrected chi connectivity index (χ1v) is 9.19. The molecule has 2 aromatic rings. The average molecular weight is 385 g/mol. The molecule has 8 nitrogen and oxygen atoms in total. The van der Waals surface area contributed by atoms with Crippen LogP contribution >= 0.6 is 0 Å². The third-order valence-electron chi connectivity index (χ3n) is 4.62. The molecule has 148 valence electrons. The minimum Gasteiger partial charge on any atom is -0.493 e. The second kappa shape index (κ2) is 8.60. The molecule has 0 saturated carbocycles. The molecule has 0 spiro atoms. The van der Waals surface area contributed by atoms with Gasteiger partial charge in [0.15, 0.2) is 11.5 Å². The highest BCUT2D eigenvalue weighted by molar-refractivity contribution is 6.09. The molecule has 1 heterocycles. The molecule has 1 N–H and O–H groups in total. The van der Waals surface area contributed by atoms with Crippen LogP contribution in [0.5, 0.6) is 11.5 Å². The maximum absolute atomic E-state index is 12.9. The van der Waals surface area contributed by atoms with Crippen LogP contribution < -0.4 is 19.7 Å². The molecule has 1 aliphatic heterocycles. The number of nitrogens with zero attached hydrogens (tertiary/aromatic N) is 2. The van der Waals surface area contributed by atoms with Crippen molar-refractivity contribution in [2.75, 3.05) is 37.0 Å². The summed E-state index contributed by atoms with van der Waals surface area (Å²) in [6, 6.07) is 10.0. The number of carbonyl (C=O) groups excluding carboxylic acids is 1. The van der Waals surface area contributed by atoms with Gasteiger partial charge in [-0.3, -0.25) is 14.9 Å². The van der Waals surface area contributed by atoms with Crippen molar-refractivity contribution >= 4 is 23.0 Å². The fourth-order valence-corrected chi connectivity index (χ4v) is 3.31. The zero-order chi connectivity index (χ0) is 20.1. The molecule has 1 saturated heterocycles. The monoisotopic (exact) mass is 385 g/mol. The van der Waals surface area contributed by atoms with Gasteiger partial charge >= 0.3 is 0 Å². The van der Waals surface area contributed by atoms with E-state index in [1.165, 1.54) is 19.2 Å². The number of hydrogen-bond donors (Lipinski definition) is 1. The third kappa shape index (κ3) is 4.00. The number of methoxy groups -OCH3 is 1. The molecular weight excluding hydrogens is 362 g/mol. The van der Waals surface area contributed by atoms with Crippen LogP contribution in [0.25, 0.3) is 0 Å². The van der Waals surface area contributed by atoms with Crippen LogP contribution in [0, 0.1) is 10.1 Å². The Bertz CT molecular complexity index is 878. The van der Waals surface area contributed by atoms with Crippen LogP contribution in [-0.4, -0.2) is 37.6 Å². The first-order chi connectivity index (χ1) is 13.5. The highest BCUT2D eigenvalue weighted by atomic mass is 16.6. The molecule has 1 amide bonds. The normalized spacial score (nSPS) is 13.3. The highest BCUT2D eigenvalue weighted by Crippen LogP contribution is 2.36. The summed E-state index contributed by atoms with van der Waals surface area (Å²) in [5.74, 6) is -0.0712. The van der Waals surface area contributed by atoms with Crippen LogP contribution in [0.2, 0.25) is 0 Å². The Labute approximate surface area is 163 Å². The van der Waals surface area contributed by atoms with Gasteiger partial charge in [-0.25, -0.2) is 0 Å². The van der Waals surface area contributed by atoms with Gasteiger partial charge < -0.3 is 19.7 Å². The van der Waals surface area contributed by atoms with Crippen molar-refractivity contribution in [1.29, 1.82) is 0 Å². The largest absolute Gasteiger partial charge is 0.493 e. The van der Waals surface area contributed by atoms with Crippen molar-refractivity contribution in [3.8, 4) is 11.5 Å². The summed E-state index contributed by atoms with van der Waals surface area (Å²) in [6.45, 7) is 3.97. The van der Waals surface area contributed by atoms with Crippen molar-refractivity contribution in [2.45, 2.75) is 19.8 Å². The Balaban J connectivity index is 1.96. The van der Waals surface area contributed by atoms with Crippen LogP contribution in [0.1, 0.15) is 30.1 Å². The number of nitro benzene ring substituents is 1. The third-order valence-corrected chi connectivity index (χ3v) is 4.62. The average Bonchev–Trinajstić information content (AvgIpc) is 3.22. The second-order valence-corrected chi connectivity index (χ2v) is 6.38. The van der Waals surface area contributed by atoms with Crippen LogP contribution in [-0.2, 0) is 0 Å². The predicted molar refractivity (Wildman–Crippen MR) is 107 cm³/mol. The maximum atomic E-state index is 12.9. The van der Waals surface area contributed by atoms with E-state index in [0.717, 1.165) is 31.6 Å². The van der Waals surface area contributed by atoms with E-state index >= 15 is 0 Å². The molecule has 8 heteroatoms. The van der Waals surface area contributed by atoms with Gasteiger partial charge in [-0.1, -0.05) is 12.1 Å². The molecule has 0 unspecified atom stereocenters. The van der Waals surface area contributed by atoms with Gasteiger partial charge in [0.2, 0.25) is 0 Å². The minimum atomic E-state index is -0.598. The SMILES string of the molecule is CCOc1cc(C(=O)Nc2ccccc2N2CCCC2)c([N+](=O)[O-])cc1OC. The van der Waals surface area contributed by atoms with Gasteiger partial charge in [0.25, 0.3) is 11.6 Å². The van der Waals surface area contributed by atoms with Gasteiger partial charge in [-0.2, -0.15) is 0 Å². The zero-order valence-corrected chi connectivity index (χ0v) is 15.9. The summed E-state index contributed by atoms with van der Waals surface area (Å²) in [5.41, 5.74) is 1.12. The summed E-state index contributed by atoms with van der Waals surface area (Å²) in [7, 11) is 1.40. The van der Waals surface area contributed by atoms with Crippen LogP contribution in [0.15, 0.2) is 36.4 Å². The summed E-state index contributed by atoms with van der Waals surface area (Å²) in [5, 5.41) is 14.3. The quantitative estimate of drug-likeness (QED) is 0.575.